The zero-order valence-corrected chi connectivity index (χ0v) is 15.7. The predicted molar refractivity (Wildman–Crippen MR) is 93.1 cm³/mol. The van der Waals surface area contributed by atoms with Gasteiger partial charge in [0.1, 0.15) is 6.54 Å². The minimum atomic E-state index is 1.15. The first kappa shape index (κ1) is 18.6. The summed E-state index contributed by atoms with van der Waals surface area (Å²) in [6.07, 6.45) is 2.62. The molecule has 120 valence electrons. The molecule has 0 aliphatic heterocycles. The van der Waals surface area contributed by atoms with Gasteiger partial charge in [0.2, 0.25) is 0 Å². The van der Waals surface area contributed by atoms with Crippen LogP contribution in [-0.4, -0.2) is 54.4 Å². The van der Waals surface area contributed by atoms with Crippen LogP contribution in [0, 0.1) is 0 Å². The summed E-state index contributed by atoms with van der Waals surface area (Å²) in [6.45, 7) is 6.25. The van der Waals surface area contributed by atoms with Crippen LogP contribution in [0.4, 0.5) is 0 Å². The van der Waals surface area contributed by atoms with Crippen molar-refractivity contribution in [2.45, 2.75) is 19.4 Å². The van der Waals surface area contributed by atoms with Crippen LogP contribution in [0.1, 0.15) is 18.4 Å². The van der Waals surface area contributed by atoms with Crippen LogP contribution in [0.25, 0.3) is 0 Å². The Hall–Kier alpha value is -0.420. The molecule has 0 atom stereocenters. The second-order valence-corrected chi connectivity index (χ2v) is 7.59. The van der Waals surface area contributed by atoms with Gasteiger partial charge in [0.25, 0.3) is 0 Å². The predicted octanol–water partition coefficient (Wildman–Crippen LogP) is -1.10. The van der Waals surface area contributed by atoms with E-state index in [1.165, 1.54) is 49.1 Å². The van der Waals surface area contributed by atoms with Crippen molar-refractivity contribution in [3.05, 3.63) is 34.3 Å². The van der Waals surface area contributed by atoms with Crippen LogP contribution in [0.2, 0.25) is 0 Å². The average Bonchev–Trinajstić information content (AvgIpc) is 2.40. The van der Waals surface area contributed by atoms with E-state index in [1.807, 2.05) is 0 Å². The summed E-state index contributed by atoms with van der Waals surface area (Å²) >= 11 is 3.52. The third kappa shape index (κ3) is 9.25. The summed E-state index contributed by atoms with van der Waals surface area (Å²) in [7, 11) is 8.96. The van der Waals surface area contributed by atoms with Gasteiger partial charge >= 0.3 is 0 Å². The molecule has 1 aromatic carbocycles. The van der Waals surface area contributed by atoms with Gasteiger partial charge in [-0.3, -0.25) is 0 Å². The topological polar surface area (TPSA) is 13.3 Å². The van der Waals surface area contributed by atoms with E-state index >= 15 is 0 Å². The van der Waals surface area contributed by atoms with Crippen molar-refractivity contribution in [3.8, 4) is 0 Å². The summed E-state index contributed by atoms with van der Waals surface area (Å²) in [6, 6.07) is 8.80. The SMILES string of the molecule is C[NH+](C)CCC[NH+](CCC[NH+](C)C)Cc1ccc(Br)cc1. The van der Waals surface area contributed by atoms with Gasteiger partial charge in [-0.1, -0.05) is 28.1 Å². The molecule has 0 bridgehead atoms. The highest BCUT2D eigenvalue weighted by Gasteiger charge is 2.11. The summed E-state index contributed by atoms with van der Waals surface area (Å²) in [5.74, 6) is 0. The first-order chi connectivity index (χ1) is 9.97. The van der Waals surface area contributed by atoms with Crippen molar-refractivity contribution in [2.75, 3.05) is 54.4 Å². The van der Waals surface area contributed by atoms with Crippen molar-refractivity contribution in [1.29, 1.82) is 0 Å². The standard InChI is InChI=1S/C17H30BrN3/c1-19(2)11-5-13-21(14-6-12-20(3)4)15-16-7-9-17(18)10-8-16/h7-10H,5-6,11-15H2,1-4H3/p+3. The molecule has 0 aromatic heterocycles. The Morgan fingerprint density at radius 2 is 1.24 bits per heavy atom. The highest BCUT2D eigenvalue weighted by atomic mass is 79.9. The maximum atomic E-state index is 3.52. The monoisotopic (exact) mass is 358 g/mol. The Bertz CT molecular complexity index is 362. The summed E-state index contributed by atoms with van der Waals surface area (Å²) < 4.78 is 1.17. The number of hydrogen-bond donors (Lipinski definition) is 3. The Kier molecular flexibility index (Phi) is 9.16. The van der Waals surface area contributed by atoms with E-state index < -0.39 is 0 Å². The molecular weight excluding hydrogens is 326 g/mol. The van der Waals surface area contributed by atoms with Crippen molar-refractivity contribution in [3.63, 3.8) is 0 Å². The van der Waals surface area contributed by atoms with Crippen LogP contribution in [0.5, 0.6) is 0 Å². The molecule has 1 aromatic rings. The largest absolute Gasteiger partial charge is 0.340 e. The van der Waals surface area contributed by atoms with Crippen LogP contribution >= 0.6 is 15.9 Å². The molecule has 0 unspecified atom stereocenters. The van der Waals surface area contributed by atoms with E-state index in [-0.39, 0.29) is 0 Å². The van der Waals surface area contributed by atoms with Gasteiger partial charge in [-0.25, -0.2) is 0 Å². The number of nitrogens with one attached hydrogen (secondary N) is 3. The molecule has 0 saturated carbocycles. The van der Waals surface area contributed by atoms with Crippen LogP contribution in [-0.2, 0) is 6.54 Å². The molecule has 0 aliphatic rings. The van der Waals surface area contributed by atoms with Crippen LogP contribution in [0.3, 0.4) is 0 Å². The van der Waals surface area contributed by atoms with Gasteiger partial charge in [0, 0.05) is 22.9 Å². The third-order valence-corrected chi connectivity index (χ3v) is 4.31. The molecule has 4 heteroatoms. The second kappa shape index (κ2) is 10.3. The van der Waals surface area contributed by atoms with Crippen LogP contribution < -0.4 is 14.7 Å². The van der Waals surface area contributed by atoms with Gasteiger partial charge in [-0.05, 0) is 12.1 Å². The molecule has 0 heterocycles. The van der Waals surface area contributed by atoms with E-state index in [9.17, 15) is 0 Å². The smallest absolute Gasteiger partial charge is 0.103 e. The van der Waals surface area contributed by atoms with Gasteiger partial charge in [-0.2, -0.15) is 0 Å². The molecule has 21 heavy (non-hydrogen) atoms. The Morgan fingerprint density at radius 1 is 0.762 bits per heavy atom. The fraction of sp³-hybridized carbons (Fsp3) is 0.647. The minimum absolute atomic E-state index is 1.15. The third-order valence-electron chi connectivity index (χ3n) is 3.78. The molecule has 1 rings (SSSR count). The molecule has 3 N–H and O–H groups in total. The lowest BCUT2D eigenvalue weighted by Crippen LogP contribution is -3.13. The van der Waals surface area contributed by atoms with Crippen molar-refractivity contribution in [1.82, 2.24) is 0 Å². The summed E-state index contributed by atoms with van der Waals surface area (Å²) in [5, 5.41) is 0. The number of rotatable bonds is 10. The van der Waals surface area contributed by atoms with Gasteiger partial charge in [-0.15, -0.1) is 0 Å². The lowest BCUT2D eigenvalue weighted by molar-refractivity contribution is -0.925. The minimum Gasteiger partial charge on any atom is -0.340 e. The molecule has 0 amide bonds. The highest BCUT2D eigenvalue weighted by Crippen LogP contribution is 2.09. The summed E-state index contributed by atoms with van der Waals surface area (Å²) in [4.78, 5) is 4.83. The van der Waals surface area contributed by atoms with Crippen LogP contribution in [0.15, 0.2) is 28.7 Å². The van der Waals surface area contributed by atoms with Gasteiger partial charge in [0.05, 0.1) is 54.4 Å². The number of quaternary nitrogens is 3. The molecule has 3 nitrogen and oxygen atoms in total. The first-order valence-corrected chi connectivity index (χ1v) is 8.92. The fourth-order valence-electron chi connectivity index (χ4n) is 2.58. The Labute approximate surface area is 139 Å². The van der Waals surface area contributed by atoms with E-state index in [0.717, 1.165) is 6.54 Å². The highest BCUT2D eigenvalue weighted by molar-refractivity contribution is 9.10. The van der Waals surface area contributed by atoms with E-state index in [1.54, 1.807) is 14.7 Å². The molecule has 0 aliphatic carbocycles. The Morgan fingerprint density at radius 3 is 1.67 bits per heavy atom. The van der Waals surface area contributed by atoms with E-state index in [0.29, 0.717) is 0 Å². The fourth-order valence-corrected chi connectivity index (χ4v) is 2.84. The van der Waals surface area contributed by atoms with Gasteiger partial charge in [0.15, 0.2) is 0 Å². The normalized spacial score (nSPS) is 11.8. The maximum Gasteiger partial charge on any atom is 0.103 e. The number of halogens is 1. The first-order valence-electron chi connectivity index (χ1n) is 8.13. The lowest BCUT2D eigenvalue weighted by atomic mass is 10.2. The average molecular weight is 359 g/mol. The molecule has 0 spiro atoms. The quantitative estimate of drug-likeness (QED) is 0.470. The van der Waals surface area contributed by atoms with Crippen molar-refractivity contribution >= 4 is 15.9 Å². The Balaban J connectivity index is 2.47. The zero-order chi connectivity index (χ0) is 15.7. The molecule has 0 saturated heterocycles. The van der Waals surface area contributed by atoms with Crippen molar-refractivity contribution < 1.29 is 14.7 Å². The van der Waals surface area contributed by atoms with E-state index in [2.05, 4.69) is 68.4 Å². The number of benzene rings is 1. The van der Waals surface area contributed by atoms with Gasteiger partial charge < -0.3 is 14.7 Å². The van der Waals surface area contributed by atoms with E-state index in [4.69, 9.17) is 0 Å². The maximum absolute atomic E-state index is 3.52. The summed E-state index contributed by atoms with van der Waals surface area (Å²) in [5.41, 5.74) is 1.45. The number of hydrogen-bond acceptors (Lipinski definition) is 0. The lowest BCUT2D eigenvalue weighted by Gasteiger charge is -2.20. The molecule has 0 radical (unpaired) electrons. The molecule has 0 fully saturated rings. The second-order valence-electron chi connectivity index (χ2n) is 6.67. The molecular formula is C17H33BrN3+3. The zero-order valence-electron chi connectivity index (χ0n) is 14.1. The van der Waals surface area contributed by atoms with Crippen molar-refractivity contribution in [2.24, 2.45) is 0 Å².